The van der Waals surface area contributed by atoms with Crippen molar-refractivity contribution in [3.05, 3.63) is 75.7 Å². The van der Waals surface area contributed by atoms with Crippen LogP contribution in [0.2, 0.25) is 10.0 Å². The number of carbonyl (C=O) groups is 2. The molecule has 1 aliphatic heterocycles. The van der Waals surface area contributed by atoms with E-state index in [2.05, 4.69) is 15.7 Å². The van der Waals surface area contributed by atoms with E-state index in [0.29, 0.717) is 33.7 Å². The van der Waals surface area contributed by atoms with Gasteiger partial charge in [-0.25, -0.2) is 9.07 Å². The van der Waals surface area contributed by atoms with Gasteiger partial charge in [0, 0.05) is 18.2 Å². The predicted octanol–water partition coefficient (Wildman–Crippen LogP) is 4.44. The Morgan fingerprint density at radius 2 is 2.10 bits per heavy atom. The molecule has 4 rings (SSSR count). The predicted molar refractivity (Wildman–Crippen MR) is 109 cm³/mol. The maximum Gasteiger partial charge on any atom is 0.233 e. The van der Waals surface area contributed by atoms with Gasteiger partial charge < -0.3 is 10.6 Å². The fourth-order valence-corrected chi connectivity index (χ4v) is 3.66. The Hall–Kier alpha value is -2.90. The highest BCUT2D eigenvalue weighted by Crippen LogP contribution is 2.34. The van der Waals surface area contributed by atoms with E-state index in [9.17, 15) is 14.0 Å². The maximum atomic E-state index is 13.5. The zero-order valence-corrected chi connectivity index (χ0v) is 16.5. The van der Waals surface area contributed by atoms with Crippen LogP contribution in [0.15, 0.2) is 48.7 Å². The number of nitrogens with zero attached hydrogens (tertiary/aromatic N) is 2. The number of nitrogens with one attached hydrogen (secondary N) is 2. The molecule has 0 saturated carbocycles. The molecule has 0 bridgehead atoms. The van der Waals surface area contributed by atoms with Crippen LogP contribution < -0.4 is 10.6 Å². The third-order valence-electron chi connectivity index (χ3n) is 4.69. The number of rotatable bonds is 4. The van der Waals surface area contributed by atoms with E-state index in [-0.39, 0.29) is 18.2 Å². The van der Waals surface area contributed by atoms with Crippen LogP contribution >= 0.6 is 23.2 Å². The summed E-state index contributed by atoms with van der Waals surface area (Å²) >= 11 is 12.3. The van der Waals surface area contributed by atoms with E-state index in [0.717, 1.165) is 5.56 Å². The Morgan fingerprint density at radius 3 is 2.93 bits per heavy atom. The average molecular weight is 433 g/mol. The Morgan fingerprint density at radius 1 is 1.28 bits per heavy atom. The lowest BCUT2D eigenvalue weighted by Gasteiger charge is -2.25. The summed E-state index contributed by atoms with van der Waals surface area (Å²) in [5.41, 5.74) is 1.62. The number of benzene rings is 2. The van der Waals surface area contributed by atoms with Crippen LogP contribution in [0.25, 0.3) is 0 Å². The molecular weight excluding hydrogens is 418 g/mol. The number of halogens is 3. The molecular formula is C20H15Cl2FN4O2. The Kier molecular flexibility index (Phi) is 5.25. The van der Waals surface area contributed by atoms with E-state index in [4.69, 9.17) is 23.2 Å². The highest BCUT2D eigenvalue weighted by Gasteiger charge is 2.31. The number of fused-ring (bicyclic) bond motifs is 1. The number of hydrogen-bond acceptors (Lipinski definition) is 3. The molecule has 2 heterocycles. The van der Waals surface area contributed by atoms with Gasteiger partial charge in [-0.15, -0.1) is 0 Å². The summed E-state index contributed by atoms with van der Waals surface area (Å²) in [6.45, 7) is 0.301. The largest absolute Gasteiger partial charge is 0.326 e. The van der Waals surface area contributed by atoms with Gasteiger partial charge in [0.1, 0.15) is 11.6 Å². The molecule has 0 aliphatic carbocycles. The second-order valence-electron chi connectivity index (χ2n) is 6.61. The standard InChI is InChI=1S/C20H15Cl2FN4O2/c21-15-3-1-2-11(19(15)22)10-27-17(6-7-24-27)26-20(29)14-9-18(28)25-16-8-12(23)4-5-13(14)16/h1-8,14H,9-10H2,(H,25,28)(H,26,29)/t14-/m0/s1. The fraction of sp³-hybridized carbons (Fsp3) is 0.150. The molecule has 0 unspecified atom stereocenters. The van der Waals surface area contributed by atoms with E-state index < -0.39 is 11.7 Å². The van der Waals surface area contributed by atoms with Gasteiger partial charge in [0.2, 0.25) is 11.8 Å². The summed E-state index contributed by atoms with van der Waals surface area (Å²) in [7, 11) is 0. The molecule has 0 fully saturated rings. The van der Waals surface area contributed by atoms with Crippen molar-refractivity contribution in [3.8, 4) is 0 Å². The maximum absolute atomic E-state index is 13.5. The van der Waals surface area contributed by atoms with Crippen LogP contribution in [0.5, 0.6) is 0 Å². The topological polar surface area (TPSA) is 76.0 Å². The lowest BCUT2D eigenvalue weighted by Crippen LogP contribution is -2.31. The molecule has 6 nitrogen and oxygen atoms in total. The molecule has 1 aliphatic rings. The van der Waals surface area contributed by atoms with Crippen molar-refractivity contribution in [2.24, 2.45) is 0 Å². The Labute approximate surface area is 175 Å². The first kappa shape index (κ1) is 19.4. The third kappa shape index (κ3) is 3.97. The first-order chi connectivity index (χ1) is 13.9. The number of anilines is 2. The van der Waals surface area contributed by atoms with Gasteiger partial charge in [-0.05, 0) is 29.3 Å². The first-order valence-corrected chi connectivity index (χ1v) is 9.53. The summed E-state index contributed by atoms with van der Waals surface area (Å²) in [5, 5.41) is 10.5. The lowest BCUT2D eigenvalue weighted by molar-refractivity contribution is -0.123. The summed E-state index contributed by atoms with van der Waals surface area (Å²) < 4.78 is 15.1. The molecule has 3 aromatic rings. The van der Waals surface area contributed by atoms with Crippen LogP contribution in [-0.4, -0.2) is 21.6 Å². The third-order valence-corrected chi connectivity index (χ3v) is 5.55. The van der Waals surface area contributed by atoms with Gasteiger partial charge in [0.25, 0.3) is 0 Å². The second kappa shape index (κ2) is 7.85. The van der Waals surface area contributed by atoms with Gasteiger partial charge in [-0.1, -0.05) is 41.4 Å². The number of hydrogen-bond donors (Lipinski definition) is 2. The van der Waals surface area contributed by atoms with E-state index >= 15 is 0 Å². The molecule has 0 saturated heterocycles. The van der Waals surface area contributed by atoms with Gasteiger partial charge in [-0.3, -0.25) is 9.59 Å². The van der Waals surface area contributed by atoms with Crippen molar-refractivity contribution in [3.63, 3.8) is 0 Å². The summed E-state index contributed by atoms with van der Waals surface area (Å²) in [4.78, 5) is 24.9. The molecule has 29 heavy (non-hydrogen) atoms. The normalized spacial score (nSPS) is 15.6. The molecule has 9 heteroatoms. The minimum absolute atomic E-state index is 0.0290. The summed E-state index contributed by atoms with van der Waals surface area (Å²) in [6.07, 6.45) is 1.52. The molecule has 2 amide bonds. The molecule has 2 N–H and O–H groups in total. The van der Waals surface area contributed by atoms with Crippen molar-refractivity contribution in [1.29, 1.82) is 0 Å². The fourth-order valence-electron chi connectivity index (χ4n) is 3.28. The van der Waals surface area contributed by atoms with Gasteiger partial charge in [0.05, 0.1) is 28.7 Å². The Balaban J connectivity index is 1.57. The average Bonchev–Trinajstić information content (AvgIpc) is 3.11. The van der Waals surface area contributed by atoms with Crippen LogP contribution in [0.1, 0.15) is 23.5 Å². The highest BCUT2D eigenvalue weighted by atomic mass is 35.5. The zero-order chi connectivity index (χ0) is 20.5. The van der Waals surface area contributed by atoms with Crippen molar-refractivity contribution in [2.75, 3.05) is 10.6 Å². The molecule has 1 atom stereocenters. The van der Waals surface area contributed by atoms with Crippen LogP contribution in [0.3, 0.4) is 0 Å². The highest BCUT2D eigenvalue weighted by molar-refractivity contribution is 6.42. The molecule has 1 aromatic heterocycles. The van der Waals surface area contributed by atoms with E-state index in [1.54, 1.807) is 29.1 Å². The molecule has 2 aromatic carbocycles. The second-order valence-corrected chi connectivity index (χ2v) is 7.40. The van der Waals surface area contributed by atoms with Crippen molar-refractivity contribution in [1.82, 2.24) is 9.78 Å². The van der Waals surface area contributed by atoms with E-state index in [1.165, 1.54) is 18.2 Å². The van der Waals surface area contributed by atoms with Crippen molar-refractivity contribution >= 4 is 46.5 Å². The minimum Gasteiger partial charge on any atom is -0.326 e. The molecule has 0 spiro atoms. The first-order valence-electron chi connectivity index (χ1n) is 8.77. The lowest BCUT2D eigenvalue weighted by atomic mass is 9.89. The SMILES string of the molecule is O=C1C[C@H](C(=O)Nc2ccnn2Cc2cccc(Cl)c2Cl)c2ccc(F)cc2N1. The number of carbonyl (C=O) groups excluding carboxylic acids is 2. The number of aromatic nitrogens is 2. The van der Waals surface area contributed by atoms with E-state index in [1.807, 2.05) is 6.07 Å². The summed E-state index contributed by atoms with van der Waals surface area (Å²) in [5.74, 6) is -1.51. The van der Waals surface area contributed by atoms with Gasteiger partial charge in [0.15, 0.2) is 0 Å². The van der Waals surface area contributed by atoms with Gasteiger partial charge in [-0.2, -0.15) is 5.10 Å². The Bertz CT molecular complexity index is 1120. The van der Waals surface area contributed by atoms with Crippen LogP contribution in [0.4, 0.5) is 15.9 Å². The number of amides is 2. The van der Waals surface area contributed by atoms with Gasteiger partial charge >= 0.3 is 0 Å². The molecule has 0 radical (unpaired) electrons. The zero-order valence-electron chi connectivity index (χ0n) is 15.0. The van der Waals surface area contributed by atoms with Crippen molar-refractivity contribution < 1.29 is 14.0 Å². The minimum atomic E-state index is -0.738. The smallest absolute Gasteiger partial charge is 0.233 e. The van der Waals surface area contributed by atoms with Crippen LogP contribution in [0, 0.1) is 5.82 Å². The summed E-state index contributed by atoms with van der Waals surface area (Å²) in [6, 6.07) is 10.9. The molecule has 148 valence electrons. The quantitative estimate of drug-likeness (QED) is 0.639. The van der Waals surface area contributed by atoms with Crippen LogP contribution in [-0.2, 0) is 16.1 Å². The van der Waals surface area contributed by atoms with Crippen molar-refractivity contribution in [2.45, 2.75) is 18.9 Å². The monoisotopic (exact) mass is 432 g/mol.